The molecule has 4 nitrogen and oxygen atoms in total. The lowest BCUT2D eigenvalue weighted by molar-refractivity contribution is -0.117. The quantitative estimate of drug-likeness (QED) is 0.900. The number of amides is 2. The number of nitrogens with one attached hydrogen (secondary N) is 1. The molecule has 1 aromatic carbocycles. The summed E-state index contributed by atoms with van der Waals surface area (Å²) in [5, 5.41) is 2.63. The first-order valence-corrected chi connectivity index (χ1v) is 7.14. The average molecular weight is 274 g/mol. The number of nitrogens with zero attached hydrogens (tertiary/aromatic N) is 1. The molecule has 0 aromatic heterocycles. The van der Waals surface area contributed by atoms with Crippen molar-refractivity contribution in [2.24, 2.45) is 5.92 Å². The van der Waals surface area contributed by atoms with E-state index in [1.807, 2.05) is 17.0 Å². The van der Waals surface area contributed by atoms with Crippen LogP contribution in [0.3, 0.4) is 0 Å². The van der Waals surface area contributed by atoms with E-state index in [0.29, 0.717) is 11.5 Å². The number of fused-ring (bicyclic) bond motifs is 1. The van der Waals surface area contributed by atoms with Gasteiger partial charge >= 0.3 is 0 Å². The largest absolute Gasteiger partial charge is 0.355 e. The summed E-state index contributed by atoms with van der Waals surface area (Å²) in [6, 6.07) is 5.84. The van der Waals surface area contributed by atoms with Gasteiger partial charge in [0.25, 0.3) is 5.91 Å². The molecule has 0 saturated carbocycles. The van der Waals surface area contributed by atoms with E-state index in [1.54, 1.807) is 20.0 Å². The van der Waals surface area contributed by atoms with Gasteiger partial charge in [0.15, 0.2) is 0 Å². The first-order chi connectivity index (χ1) is 9.49. The molecule has 2 atom stereocenters. The average Bonchev–Trinajstić information content (AvgIpc) is 2.43. The van der Waals surface area contributed by atoms with Crippen LogP contribution in [0.1, 0.15) is 43.1 Å². The molecule has 1 unspecified atom stereocenters. The number of carbonyl (C=O) groups excluding carboxylic acids is 2. The van der Waals surface area contributed by atoms with Gasteiger partial charge in [-0.05, 0) is 42.5 Å². The van der Waals surface area contributed by atoms with Gasteiger partial charge in [0.2, 0.25) is 5.91 Å². The van der Waals surface area contributed by atoms with Crippen LogP contribution in [0.15, 0.2) is 18.2 Å². The molecule has 4 heteroatoms. The Morgan fingerprint density at radius 2 is 2.10 bits per heavy atom. The second-order valence-electron chi connectivity index (χ2n) is 5.47. The maximum absolute atomic E-state index is 12.0. The van der Waals surface area contributed by atoms with E-state index in [1.165, 1.54) is 0 Å². The molecule has 2 amide bonds. The monoisotopic (exact) mass is 274 g/mol. The van der Waals surface area contributed by atoms with Gasteiger partial charge in [0, 0.05) is 31.3 Å². The van der Waals surface area contributed by atoms with Gasteiger partial charge in [-0.15, -0.1) is 0 Å². The fourth-order valence-electron chi connectivity index (χ4n) is 3.17. The van der Waals surface area contributed by atoms with Crippen LogP contribution in [0.4, 0.5) is 5.69 Å². The van der Waals surface area contributed by atoms with Crippen molar-refractivity contribution in [3.63, 3.8) is 0 Å². The topological polar surface area (TPSA) is 49.4 Å². The Morgan fingerprint density at radius 1 is 1.40 bits per heavy atom. The van der Waals surface area contributed by atoms with Crippen LogP contribution in [0.5, 0.6) is 0 Å². The van der Waals surface area contributed by atoms with E-state index in [4.69, 9.17) is 0 Å². The lowest BCUT2D eigenvalue weighted by Gasteiger charge is -2.40. The van der Waals surface area contributed by atoms with E-state index in [2.05, 4.69) is 19.2 Å². The third-order valence-electron chi connectivity index (χ3n) is 4.12. The Hall–Kier alpha value is -1.84. The SMILES string of the molecule is CC[C@H]1C(C)Cc2cc(C(=O)NC)ccc2N1C(C)=O. The number of rotatable bonds is 2. The normalized spacial score (nSPS) is 21.3. The molecule has 20 heavy (non-hydrogen) atoms. The maximum Gasteiger partial charge on any atom is 0.251 e. The van der Waals surface area contributed by atoms with Gasteiger partial charge in [-0.2, -0.15) is 0 Å². The number of hydrogen-bond acceptors (Lipinski definition) is 2. The highest BCUT2D eigenvalue weighted by molar-refractivity contribution is 5.97. The lowest BCUT2D eigenvalue weighted by Crippen LogP contribution is -2.46. The molecule has 0 radical (unpaired) electrons. The van der Waals surface area contributed by atoms with Crippen LogP contribution in [0, 0.1) is 5.92 Å². The standard InChI is InChI=1S/C16H22N2O2/c1-5-14-10(2)8-13-9-12(16(20)17-4)6-7-15(13)18(14)11(3)19/h6-7,9-10,14H,5,8H2,1-4H3,(H,17,20)/t10?,14-/m0/s1. The molecule has 0 bridgehead atoms. The van der Waals surface area contributed by atoms with Crippen molar-refractivity contribution in [3.8, 4) is 0 Å². The molecular weight excluding hydrogens is 252 g/mol. The third-order valence-corrected chi connectivity index (χ3v) is 4.12. The first kappa shape index (κ1) is 14.6. The Balaban J connectivity index is 2.48. The molecule has 1 N–H and O–H groups in total. The lowest BCUT2D eigenvalue weighted by atomic mass is 9.85. The molecule has 0 aliphatic carbocycles. The zero-order chi connectivity index (χ0) is 14.9. The fourth-order valence-corrected chi connectivity index (χ4v) is 3.17. The predicted octanol–water partition coefficient (Wildman–Crippen LogP) is 2.37. The number of benzene rings is 1. The number of hydrogen-bond donors (Lipinski definition) is 1. The van der Waals surface area contributed by atoms with Crippen molar-refractivity contribution in [3.05, 3.63) is 29.3 Å². The Kier molecular flexibility index (Phi) is 4.12. The minimum Gasteiger partial charge on any atom is -0.355 e. The minimum atomic E-state index is -0.0903. The third kappa shape index (κ3) is 2.42. The summed E-state index contributed by atoms with van der Waals surface area (Å²) in [6.45, 7) is 5.89. The molecule has 0 fully saturated rings. The first-order valence-electron chi connectivity index (χ1n) is 7.14. The smallest absolute Gasteiger partial charge is 0.251 e. The zero-order valence-corrected chi connectivity index (χ0v) is 12.6. The number of anilines is 1. The summed E-state index contributed by atoms with van der Waals surface area (Å²) in [5.41, 5.74) is 2.69. The van der Waals surface area contributed by atoms with Crippen molar-refractivity contribution in [2.75, 3.05) is 11.9 Å². The summed E-state index contributed by atoms with van der Waals surface area (Å²) in [5.74, 6) is 0.376. The second kappa shape index (κ2) is 5.65. The second-order valence-corrected chi connectivity index (χ2v) is 5.47. The van der Waals surface area contributed by atoms with Gasteiger partial charge in [0.05, 0.1) is 0 Å². The highest BCUT2D eigenvalue weighted by Crippen LogP contribution is 2.35. The molecule has 1 aromatic rings. The van der Waals surface area contributed by atoms with Crippen LogP contribution in [0.25, 0.3) is 0 Å². The Morgan fingerprint density at radius 3 is 2.65 bits per heavy atom. The fraction of sp³-hybridized carbons (Fsp3) is 0.500. The van der Waals surface area contributed by atoms with E-state index < -0.39 is 0 Å². The minimum absolute atomic E-state index is 0.0670. The highest BCUT2D eigenvalue weighted by Gasteiger charge is 2.33. The van der Waals surface area contributed by atoms with Gasteiger partial charge in [0.1, 0.15) is 0 Å². The van der Waals surface area contributed by atoms with Crippen molar-refractivity contribution < 1.29 is 9.59 Å². The van der Waals surface area contributed by atoms with E-state index >= 15 is 0 Å². The molecule has 0 spiro atoms. The van der Waals surface area contributed by atoms with Crippen LogP contribution in [0.2, 0.25) is 0 Å². The van der Waals surface area contributed by atoms with Gasteiger partial charge in [-0.25, -0.2) is 0 Å². The van der Waals surface area contributed by atoms with Crippen molar-refractivity contribution in [2.45, 2.75) is 39.7 Å². The molecule has 1 heterocycles. The molecule has 0 saturated heterocycles. The molecular formula is C16H22N2O2. The van der Waals surface area contributed by atoms with Crippen molar-refractivity contribution in [1.29, 1.82) is 0 Å². The van der Waals surface area contributed by atoms with Gasteiger partial charge in [-0.3, -0.25) is 9.59 Å². The van der Waals surface area contributed by atoms with Crippen molar-refractivity contribution >= 4 is 17.5 Å². The number of carbonyl (C=O) groups is 2. The highest BCUT2D eigenvalue weighted by atomic mass is 16.2. The van der Waals surface area contributed by atoms with Gasteiger partial charge in [-0.1, -0.05) is 13.8 Å². The van der Waals surface area contributed by atoms with Crippen molar-refractivity contribution in [1.82, 2.24) is 5.32 Å². The summed E-state index contributed by atoms with van der Waals surface area (Å²) in [4.78, 5) is 25.6. The molecule has 1 aliphatic rings. The van der Waals surface area contributed by atoms with Crippen LogP contribution < -0.4 is 10.2 Å². The van der Waals surface area contributed by atoms with Crippen LogP contribution in [-0.4, -0.2) is 24.9 Å². The van der Waals surface area contributed by atoms with Gasteiger partial charge < -0.3 is 10.2 Å². The van der Waals surface area contributed by atoms with Crippen LogP contribution >= 0.6 is 0 Å². The summed E-state index contributed by atoms with van der Waals surface area (Å²) in [7, 11) is 1.62. The summed E-state index contributed by atoms with van der Waals surface area (Å²) >= 11 is 0. The molecule has 2 rings (SSSR count). The predicted molar refractivity (Wildman–Crippen MR) is 79.9 cm³/mol. The Bertz CT molecular complexity index is 539. The van der Waals surface area contributed by atoms with E-state index in [9.17, 15) is 9.59 Å². The summed E-state index contributed by atoms with van der Waals surface area (Å²) in [6.07, 6.45) is 1.85. The maximum atomic E-state index is 12.0. The molecule has 108 valence electrons. The summed E-state index contributed by atoms with van der Waals surface area (Å²) < 4.78 is 0. The van der Waals surface area contributed by atoms with Crippen LogP contribution in [-0.2, 0) is 11.2 Å². The van der Waals surface area contributed by atoms with E-state index in [-0.39, 0.29) is 17.9 Å². The molecule has 1 aliphatic heterocycles. The zero-order valence-electron chi connectivity index (χ0n) is 12.6. The Labute approximate surface area is 120 Å². The van der Waals surface area contributed by atoms with E-state index in [0.717, 1.165) is 24.1 Å².